The smallest absolute Gasteiger partial charge is 0.320 e. The number of aryl methyl sites for hydroxylation is 1. The van der Waals surface area contributed by atoms with Crippen molar-refractivity contribution >= 4 is 32.7 Å². The lowest BCUT2D eigenvalue weighted by molar-refractivity contribution is 0.197. The third-order valence-electron chi connectivity index (χ3n) is 4.69. The van der Waals surface area contributed by atoms with E-state index >= 15 is 0 Å². The van der Waals surface area contributed by atoms with E-state index in [0.29, 0.717) is 10.6 Å². The number of urea groups is 1. The maximum absolute atomic E-state index is 13.3. The summed E-state index contributed by atoms with van der Waals surface area (Å²) in [6, 6.07) is 12.6. The second-order valence-electron chi connectivity index (χ2n) is 6.28. The molecule has 1 heterocycles. The summed E-state index contributed by atoms with van der Waals surface area (Å²) in [5, 5.41) is 3.34. The lowest BCUT2D eigenvalue weighted by Gasteiger charge is -2.33. The molecule has 2 amide bonds. The number of anilines is 1. The number of hydrogen-bond acceptors (Lipinski definition) is 3. The van der Waals surface area contributed by atoms with Gasteiger partial charge in [0.15, 0.2) is 5.13 Å². The fourth-order valence-corrected chi connectivity index (χ4v) is 4.28. The zero-order chi connectivity index (χ0) is 17.4. The molecule has 1 atom stereocenters. The maximum atomic E-state index is 13.3. The van der Waals surface area contributed by atoms with Crippen LogP contribution >= 0.6 is 11.3 Å². The van der Waals surface area contributed by atoms with Gasteiger partial charge in [-0.05, 0) is 48.6 Å². The first kappa shape index (κ1) is 16.0. The summed E-state index contributed by atoms with van der Waals surface area (Å²) in [6.45, 7) is 0. The first-order valence-corrected chi connectivity index (χ1v) is 9.11. The van der Waals surface area contributed by atoms with Gasteiger partial charge >= 0.3 is 6.03 Å². The molecule has 0 aliphatic heterocycles. The van der Waals surface area contributed by atoms with Gasteiger partial charge in [0.1, 0.15) is 5.82 Å². The molecule has 2 aromatic carbocycles. The highest BCUT2D eigenvalue weighted by Gasteiger charge is 2.26. The molecule has 4 nitrogen and oxygen atoms in total. The SMILES string of the molecule is CN(C(=O)Nc1nc2ccc(F)cc2s1)[C@@H]1CCCc2ccccc21. The average Bonchev–Trinajstić information content (AvgIpc) is 3.01. The van der Waals surface area contributed by atoms with E-state index in [1.54, 1.807) is 11.0 Å². The van der Waals surface area contributed by atoms with Crippen LogP contribution in [0, 0.1) is 5.82 Å². The van der Waals surface area contributed by atoms with Gasteiger partial charge in [-0.25, -0.2) is 14.2 Å². The molecule has 0 saturated carbocycles. The largest absolute Gasteiger partial charge is 0.323 e. The summed E-state index contributed by atoms with van der Waals surface area (Å²) >= 11 is 1.28. The Morgan fingerprint density at radius 2 is 2.16 bits per heavy atom. The van der Waals surface area contributed by atoms with Crippen molar-refractivity contribution in [3.8, 4) is 0 Å². The Bertz CT molecular complexity index is 939. The van der Waals surface area contributed by atoms with Crippen molar-refractivity contribution in [2.45, 2.75) is 25.3 Å². The number of rotatable bonds is 2. The van der Waals surface area contributed by atoms with Crippen LogP contribution in [0.15, 0.2) is 42.5 Å². The number of hydrogen-bond donors (Lipinski definition) is 1. The zero-order valence-electron chi connectivity index (χ0n) is 13.8. The van der Waals surface area contributed by atoms with Crippen molar-refractivity contribution in [2.75, 3.05) is 12.4 Å². The standard InChI is InChI=1S/C19H18FN3OS/c1-23(16-8-4-6-12-5-2-3-7-14(12)16)19(24)22-18-21-15-10-9-13(20)11-17(15)25-18/h2-3,5,7,9-11,16H,4,6,8H2,1H3,(H,21,22,24)/t16-/m1/s1. The molecule has 0 radical (unpaired) electrons. The van der Waals surface area contributed by atoms with E-state index in [1.807, 2.05) is 19.2 Å². The van der Waals surface area contributed by atoms with Crippen LogP contribution in [-0.2, 0) is 6.42 Å². The second kappa shape index (κ2) is 6.44. The molecule has 0 bridgehead atoms. The summed E-state index contributed by atoms with van der Waals surface area (Å²) in [5.41, 5.74) is 3.22. The molecule has 1 aliphatic carbocycles. The lowest BCUT2D eigenvalue weighted by atomic mass is 9.87. The van der Waals surface area contributed by atoms with E-state index in [-0.39, 0.29) is 17.9 Å². The number of carbonyl (C=O) groups excluding carboxylic acids is 1. The van der Waals surface area contributed by atoms with Crippen LogP contribution in [0.25, 0.3) is 10.2 Å². The minimum Gasteiger partial charge on any atom is -0.320 e. The number of fused-ring (bicyclic) bond motifs is 2. The van der Waals surface area contributed by atoms with Crippen molar-refractivity contribution in [1.29, 1.82) is 0 Å². The fraction of sp³-hybridized carbons (Fsp3) is 0.263. The highest BCUT2D eigenvalue weighted by Crippen LogP contribution is 2.34. The van der Waals surface area contributed by atoms with Gasteiger partial charge in [0.05, 0.1) is 16.3 Å². The Hall–Kier alpha value is -2.47. The van der Waals surface area contributed by atoms with Crippen molar-refractivity contribution < 1.29 is 9.18 Å². The van der Waals surface area contributed by atoms with E-state index in [9.17, 15) is 9.18 Å². The predicted octanol–water partition coefficient (Wildman–Crippen LogP) is 4.98. The molecule has 0 saturated heterocycles. The van der Waals surface area contributed by atoms with Gasteiger partial charge in [-0.1, -0.05) is 35.6 Å². The van der Waals surface area contributed by atoms with Gasteiger partial charge in [0.25, 0.3) is 0 Å². The topological polar surface area (TPSA) is 45.2 Å². The highest BCUT2D eigenvalue weighted by molar-refractivity contribution is 7.22. The molecule has 4 rings (SSSR count). The molecule has 1 N–H and O–H groups in total. The van der Waals surface area contributed by atoms with Crippen LogP contribution in [0.4, 0.5) is 14.3 Å². The van der Waals surface area contributed by atoms with Crippen molar-refractivity contribution in [1.82, 2.24) is 9.88 Å². The number of aromatic nitrogens is 1. The molecule has 3 aromatic rings. The van der Waals surface area contributed by atoms with E-state index in [4.69, 9.17) is 0 Å². The maximum Gasteiger partial charge on any atom is 0.323 e. The molecular weight excluding hydrogens is 337 g/mol. The molecule has 128 valence electrons. The highest BCUT2D eigenvalue weighted by atomic mass is 32.1. The molecule has 0 fully saturated rings. The third kappa shape index (κ3) is 3.09. The number of benzene rings is 2. The van der Waals surface area contributed by atoms with Crippen molar-refractivity contribution in [3.63, 3.8) is 0 Å². The number of thiazole rings is 1. The van der Waals surface area contributed by atoms with Gasteiger partial charge in [-0.3, -0.25) is 5.32 Å². The monoisotopic (exact) mass is 355 g/mol. The quantitative estimate of drug-likeness (QED) is 0.705. The summed E-state index contributed by atoms with van der Waals surface area (Å²) < 4.78 is 14.0. The van der Waals surface area contributed by atoms with Gasteiger partial charge in [-0.2, -0.15) is 0 Å². The summed E-state index contributed by atoms with van der Waals surface area (Å²) in [6.07, 6.45) is 3.08. The minimum absolute atomic E-state index is 0.0665. The average molecular weight is 355 g/mol. The predicted molar refractivity (Wildman–Crippen MR) is 98.5 cm³/mol. The number of carbonyl (C=O) groups is 1. The molecule has 0 spiro atoms. The Morgan fingerprint density at radius 1 is 1.32 bits per heavy atom. The Labute approximate surface area is 149 Å². The lowest BCUT2D eigenvalue weighted by Crippen LogP contribution is -2.36. The molecule has 25 heavy (non-hydrogen) atoms. The minimum atomic E-state index is -0.301. The van der Waals surface area contributed by atoms with Gasteiger partial charge < -0.3 is 4.90 Å². The Balaban J connectivity index is 1.54. The summed E-state index contributed by atoms with van der Waals surface area (Å²) in [5.74, 6) is -0.301. The van der Waals surface area contributed by atoms with E-state index in [1.165, 1.54) is 34.6 Å². The van der Waals surface area contributed by atoms with Crippen LogP contribution in [0.3, 0.4) is 0 Å². The third-order valence-corrected chi connectivity index (χ3v) is 5.62. The zero-order valence-corrected chi connectivity index (χ0v) is 14.6. The van der Waals surface area contributed by atoms with E-state index in [2.05, 4.69) is 22.4 Å². The Morgan fingerprint density at radius 3 is 3.04 bits per heavy atom. The first-order valence-electron chi connectivity index (χ1n) is 8.29. The number of nitrogens with zero attached hydrogens (tertiary/aromatic N) is 2. The van der Waals surface area contributed by atoms with Gasteiger partial charge in [0.2, 0.25) is 0 Å². The molecule has 0 unspecified atom stereocenters. The fourth-order valence-electron chi connectivity index (χ4n) is 3.40. The van der Waals surface area contributed by atoms with Crippen molar-refractivity contribution in [2.24, 2.45) is 0 Å². The molecule has 1 aromatic heterocycles. The number of amides is 2. The van der Waals surface area contributed by atoms with Crippen LogP contribution < -0.4 is 5.32 Å². The molecular formula is C19H18FN3OS. The van der Waals surface area contributed by atoms with E-state index in [0.717, 1.165) is 24.0 Å². The molecule has 6 heteroatoms. The van der Waals surface area contributed by atoms with Crippen LogP contribution in [0.5, 0.6) is 0 Å². The summed E-state index contributed by atoms with van der Waals surface area (Å²) in [4.78, 5) is 18.8. The van der Waals surface area contributed by atoms with Crippen LogP contribution in [0.2, 0.25) is 0 Å². The second-order valence-corrected chi connectivity index (χ2v) is 7.31. The molecule has 1 aliphatic rings. The normalized spacial score (nSPS) is 16.5. The number of halogens is 1. The van der Waals surface area contributed by atoms with Crippen molar-refractivity contribution in [3.05, 3.63) is 59.4 Å². The number of nitrogens with one attached hydrogen (secondary N) is 1. The van der Waals surface area contributed by atoms with E-state index < -0.39 is 0 Å². The first-order chi connectivity index (χ1) is 12.1. The van der Waals surface area contributed by atoms with Gasteiger partial charge in [0, 0.05) is 7.05 Å². The summed E-state index contributed by atoms with van der Waals surface area (Å²) in [7, 11) is 1.81. The Kier molecular flexibility index (Phi) is 4.13. The van der Waals surface area contributed by atoms with Crippen LogP contribution in [0.1, 0.15) is 30.0 Å². The van der Waals surface area contributed by atoms with Crippen LogP contribution in [-0.4, -0.2) is 23.0 Å². The van der Waals surface area contributed by atoms with Gasteiger partial charge in [-0.15, -0.1) is 0 Å².